The van der Waals surface area contributed by atoms with Gasteiger partial charge in [0.1, 0.15) is 23.9 Å². The van der Waals surface area contributed by atoms with Gasteiger partial charge in [0, 0.05) is 11.8 Å². The van der Waals surface area contributed by atoms with Crippen LogP contribution in [0.1, 0.15) is 16.1 Å². The Labute approximate surface area is 155 Å². The fraction of sp³-hybridized carbons (Fsp3) is 0.150. The van der Waals surface area contributed by atoms with Crippen molar-refractivity contribution in [1.29, 1.82) is 0 Å². The predicted molar refractivity (Wildman–Crippen MR) is 99.5 cm³/mol. The van der Waals surface area contributed by atoms with E-state index < -0.39 is 5.91 Å². The van der Waals surface area contributed by atoms with E-state index in [1.54, 1.807) is 6.92 Å². The summed E-state index contributed by atoms with van der Waals surface area (Å²) in [6.07, 6.45) is 0. The highest BCUT2D eigenvalue weighted by molar-refractivity contribution is 6.03. The first-order valence-electron chi connectivity index (χ1n) is 8.36. The van der Waals surface area contributed by atoms with Gasteiger partial charge in [0.25, 0.3) is 11.5 Å². The average molecular weight is 367 g/mol. The molecule has 7 heteroatoms. The molecule has 3 rings (SSSR count). The van der Waals surface area contributed by atoms with Crippen molar-refractivity contribution in [3.05, 3.63) is 88.1 Å². The number of benzene rings is 2. The van der Waals surface area contributed by atoms with Crippen LogP contribution in [-0.2, 0) is 6.54 Å². The first-order chi connectivity index (χ1) is 13.0. The maximum Gasteiger partial charge on any atom is 0.276 e. The van der Waals surface area contributed by atoms with Gasteiger partial charge in [0.2, 0.25) is 0 Å². The Morgan fingerprint density at radius 1 is 1.15 bits per heavy atom. The van der Waals surface area contributed by atoms with Crippen LogP contribution in [0.25, 0.3) is 0 Å². The number of halogens is 1. The summed E-state index contributed by atoms with van der Waals surface area (Å²) in [7, 11) is 0. The van der Waals surface area contributed by atoms with Crippen molar-refractivity contribution in [3.8, 4) is 5.75 Å². The second-order valence-corrected chi connectivity index (χ2v) is 5.85. The molecule has 0 fully saturated rings. The highest BCUT2D eigenvalue weighted by atomic mass is 19.1. The van der Waals surface area contributed by atoms with E-state index in [4.69, 9.17) is 4.74 Å². The highest BCUT2D eigenvalue weighted by Crippen LogP contribution is 2.16. The lowest BCUT2D eigenvalue weighted by atomic mass is 10.2. The van der Waals surface area contributed by atoms with Crippen LogP contribution in [0.15, 0.2) is 65.5 Å². The van der Waals surface area contributed by atoms with Crippen LogP contribution in [0.4, 0.5) is 10.1 Å². The number of nitrogens with zero attached hydrogens (tertiary/aromatic N) is 2. The number of amides is 1. The van der Waals surface area contributed by atoms with Crippen LogP contribution in [0.5, 0.6) is 5.75 Å². The summed E-state index contributed by atoms with van der Waals surface area (Å²) < 4.78 is 19.9. The third-order valence-electron chi connectivity index (χ3n) is 3.85. The van der Waals surface area contributed by atoms with Crippen LogP contribution < -0.4 is 15.6 Å². The zero-order valence-electron chi connectivity index (χ0n) is 14.7. The Hall–Kier alpha value is -3.48. The lowest BCUT2D eigenvalue weighted by Crippen LogP contribution is -2.28. The minimum Gasteiger partial charge on any atom is -0.492 e. The second-order valence-electron chi connectivity index (χ2n) is 5.85. The van der Waals surface area contributed by atoms with E-state index in [9.17, 15) is 14.0 Å². The molecule has 138 valence electrons. The van der Waals surface area contributed by atoms with Gasteiger partial charge in [0.15, 0.2) is 0 Å². The lowest BCUT2D eigenvalue weighted by molar-refractivity contribution is 0.101. The van der Waals surface area contributed by atoms with Crippen LogP contribution in [0, 0.1) is 12.7 Å². The number of anilines is 1. The summed E-state index contributed by atoms with van der Waals surface area (Å²) in [5, 5.41) is 6.75. The topological polar surface area (TPSA) is 73.2 Å². The van der Waals surface area contributed by atoms with Gasteiger partial charge in [-0.15, -0.1) is 0 Å². The maximum atomic E-state index is 13.2. The van der Waals surface area contributed by atoms with E-state index in [0.29, 0.717) is 17.0 Å². The van der Waals surface area contributed by atoms with E-state index in [-0.39, 0.29) is 30.2 Å². The van der Waals surface area contributed by atoms with Crippen molar-refractivity contribution in [2.45, 2.75) is 13.5 Å². The molecule has 0 unspecified atom stereocenters. The van der Waals surface area contributed by atoms with Gasteiger partial charge >= 0.3 is 0 Å². The molecule has 0 aliphatic carbocycles. The fourth-order valence-corrected chi connectivity index (χ4v) is 2.45. The van der Waals surface area contributed by atoms with Crippen LogP contribution in [0.2, 0.25) is 0 Å². The highest BCUT2D eigenvalue weighted by Gasteiger charge is 2.12. The molecule has 2 aromatic carbocycles. The number of nitrogens with one attached hydrogen (secondary N) is 1. The molecule has 1 N–H and O–H groups in total. The summed E-state index contributed by atoms with van der Waals surface area (Å²) in [5.41, 5.74) is 0.820. The summed E-state index contributed by atoms with van der Waals surface area (Å²) in [6.45, 7) is 2.12. The first-order valence-corrected chi connectivity index (χ1v) is 8.36. The van der Waals surface area contributed by atoms with Gasteiger partial charge in [-0.25, -0.2) is 9.07 Å². The average Bonchev–Trinajstić information content (AvgIpc) is 2.66. The number of hydrogen-bond donors (Lipinski definition) is 1. The third-order valence-corrected chi connectivity index (χ3v) is 3.85. The first kappa shape index (κ1) is 18.3. The Morgan fingerprint density at radius 2 is 1.93 bits per heavy atom. The molecular weight excluding hydrogens is 349 g/mol. The number of para-hydroxylation sites is 1. The molecule has 0 saturated carbocycles. The molecule has 1 aromatic heterocycles. The van der Waals surface area contributed by atoms with Crippen molar-refractivity contribution in [2.75, 3.05) is 11.9 Å². The molecule has 1 heterocycles. The Bertz CT molecular complexity index is 1000. The SMILES string of the molecule is Cc1cc(F)ccc1NC(=O)c1ccc(=O)n(CCOc2ccccc2)n1. The number of rotatable bonds is 6. The molecule has 0 aliphatic rings. The largest absolute Gasteiger partial charge is 0.492 e. The van der Waals surface area contributed by atoms with Crippen LogP contribution in [-0.4, -0.2) is 22.3 Å². The molecule has 0 aliphatic heterocycles. The van der Waals surface area contributed by atoms with E-state index in [1.165, 1.54) is 35.0 Å². The molecule has 0 atom stereocenters. The lowest BCUT2D eigenvalue weighted by Gasteiger charge is -2.10. The van der Waals surface area contributed by atoms with E-state index >= 15 is 0 Å². The summed E-state index contributed by atoms with van der Waals surface area (Å²) in [5.74, 6) is -0.177. The third kappa shape index (κ3) is 4.78. The van der Waals surface area contributed by atoms with E-state index in [0.717, 1.165) is 0 Å². The Kier molecular flexibility index (Phi) is 5.61. The van der Waals surface area contributed by atoms with Crippen LogP contribution in [0.3, 0.4) is 0 Å². The molecule has 0 spiro atoms. The van der Waals surface area contributed by atoms with Crippen molar-refractivity contribution in [3.63, 3.8) is 0 Å². The van der Waals surface area contributed by atoms with Gasteiger partial charge < -0.3 is 10.1 Å². The number of carbonyl (C=O) groups excluding carboxylic acids is 1. The molecule has 6 nitrogen and oxygen atoms in total. The quantitative estimate of drug-likeness (QED) is 0.727. The number of hydrogen-bond acceptors (Lipinski definition) is 4. The van der Waals surface area contributed by atoms with Gasteiger partial charge in [-0.2, -0.15) is 5.10 Å². The number of carbonyl (C=O) groups is 1. The minimum atomic E-state index is -0.484. The zero-order valence-corrected chi connectivity index (χ0v) is 14.7. The van der Waals surface area contributed by atoms with Gasteiger partial charge in [-0.3, -0.25) is 9.59 Å². The number of ether oxygens (including phenoxy) is 1. The van der Waals surface area contributed by atoms with Gasteiger partial charge in [0.05, 0.1) is 6.54 Å². The van der Waals surface area contributed by atoms with Crippen molar-refractivity contribution < 1.29 is 13.9 Å². The Balaban J connectivity index is 1.68. The number of aromatic nitrogens is 2. The predicted octanol–water partition coefficient (Wildman–Crippen LogP) is 3.02. The van der Waals surface area contributed by atoms with Crippen molar-refractivity contribution in [1.82, 2.24) is 9.78 Å². The second kappa shape index (κ2) is 8.27. The molecule has 1 amide bonds. The normalized spacial score (nSPS) is 10.4. The van der Waals surface area contributed by atoms with E-state index in [1.807, 2.05) is 30.3 Å². The minimum absolute atomic E-state index is 0.0815. The van der Waals surface area contributed by atoms with Gasteiger partial charge in [-0.1, -0.05) is 18.2 Å². The zero-order chi connectivity index (χ0) is 19.2. The van der Waals surface area contributed by atoms with E-state index in [2.05, 4.69) is 10.4 Å². The van der Waals surface area contributed by atoms with Gasteiger partial charge in [-0.05, 0) is 48.9 Å². The molecule has 3 aromatic rings. The molecule has 0 radical (unpaired) electrons. The molecule has 27 heavy (non-hydrogen) atoms. The van der Waals surface area contributed by atoms with Crippen molar-refractivity contribution in [2.24, 2.45) is 0 Å². The molecule has 0 saturated heterocycles. The Morgan fingerprint density at radius 3 is 2.67 bits per heavy atom. The fourth-order valence-electron chi connectivity index (χ4n) is 2.45. The molecular formula is C20H18FN3O3. The summed E-state index contributed by atoms with van der Waals surface area (Å²) in [6, 6.07) is 15.9. The summed E-state index contributed by atoms with van der Waals surface area (Å²) >= 11 is 0. The smallest absolute Gasteiger partial charge is 0.276 e. The number of aryl methyl sites for hydroxylation is 1. The summed E-state index contributed by atoms with van der Waals surface area (Å²) in [4.78, 5) is 24.4. The maximum absolute atomic E-state index is 13.2. The standard InChI is InChI=1S/C20H18FN3O3/c1-14-13-15(21)7-8-17(14)22-20(26)18-9-10-19(25)24(23-18)11-12-27-16-5-3-2-4-6-16/h2-10,13H,11-12H2,1H3,(H,22,26). The monoisotopic (exact) mass is 367 g/mol. The molecule has 0 bridgehead atoms. The van der Waals surface area contributed by atoms with Crippen LogP contribution >= 0.6 is 0 Å². The van der Waals surface area contributed by atoms with Crippen molar-refractivity contribution >= 4 is 11.6 Å².